The van der Waals surface area contributed by atoms with E-state index < -0.39 is 0 Å². The Balaban J connectivity index is 2.00. The summed E-state index contributed by atoms with van der Waals surface area (Å²) in [5.41, 5.74) is 1.52. The van der Waals surface area contributed by atoms with Crippen LogP contribution in [-0.2, 0) is 18.3 Å². The third kappa shape index (κ3) is 3.60. The van der Waals surface area contributed by atoms with Gasteiger partial charge < -0.3 is 9.64 Å². The lowest BCUT2D eigenvalue weighted by molar-refractivity contribution is 0.0523. The van der Waals surface area contributed by atoms with Crippen molar-refractivity contribution in [2.75, 3.05) is 20.2 Å². The highest BCUT2D eigenvalue weighted by atomic mass is 16.5. The van der Waals surface area contributed by atoms with E-state index in [1.165, 1.54) is 25.7 Å². The van der Waals surface area contributed by atoms with Crippen molar-refractivity contribution in [3.05, 3.63) is 17.5 Å². The minimum Gasteiger partial charge on any atom is -0.462 e. The summed E-state index contributed by atoms with van der Waals surface area (Å²) >= 11 is 0. The van der Waals surface area contributed by atoms with Crippen LogP contribution in [0.15, 0.2) is 6.20 Å². The number of carbonyl (C=O) groups excluding carboxylic acids is 1. The zero-order valence-corrected chi connectivity index (χ0v) is 12.8. The fourth-order valence-electron chi connectivity index (χ4n) is 2.98. The summed E-state index contributed by atoms with van der Waals surface area (Å²) < 4.78 is 6.86. The first-order valence-corrected chi connectivity index (χ1v) is 7.48. The Morgan fingerprint density at radius 1 is 1.50 bits per heavy atom. The van der Waals surface area contributed by atoms with Gasteiger partial charge in [-0.05, 0) is 32.7 Å². The summed E-state index contributed by atoms with van der Waals surface area (Å²) in [6.07, 6.45) is 6.99. The minimum atomic E-state index is -0.273. The van der Waals surface area contributed by atoms with Crippen LogP contribution in [0.3, 0.4) is 0 Å². The molecule has 2 rings (SSSR count). The topological polar surface area (TPSA) is 47.4 Å². The highest BCUT2D eigenvalue weighted by Gasteiger charge is 2.21. The molecule has 5 heteroatoms. The van der Waals surface area contributed by atoms with Crippen LogP contribution in [0, 0.1) is 5.92 Å². The molecule has 0 radical (unpaired) electrons. The average molecular weight is 279 g/mol. The average Bonchev–Trinajstić information content (AvgIpc) is 3.01. The molecule has 1 aromatic rings. The SMILES string of the molecule is CCOC(=O)c1cnn(C)c1CN(C)CC1CCCC1. The Morgan fingerprint density at radius 2 is 2.20 bits per heavy atom. The van der Waals surface area contributed by atoms with Crippen LogP contribution >= 0.6 is 0 Å². The molecular weight excluding hydrogens is 254 g/mol. The van der Waals surface area contributed by atoms with Gasteiger partial charge in [0.1, 0.15) is 5.56 Å². The molecule has 0 saturated heterocycles. The molecule has 1 fully saturated rings. The Bertz CT molecular complexity index is 450. The number of esters is 1. The molecule has 0 bridgehead atoms. The lowest BCUT2D eigenvalue weighted by Crippen LogP contribution is -2.26. The number of hydrogen-bond acceptors (Lipinski definition) is 4. The van der Waals surface area contributed by atoms with Crippen molar-refractivity contribution in [2.24, 2.45) is 13.0 Å². The normalized spacial score (nSPS) is 16.0. The summed E-state index contributed by atoms with van der Waals surface area (Å²) in [4.78, 5) is 14.2. The van der Waals surface area contributed by atoms with E-state index in [2.05, 4.69) is 17.0 Å². The number of carbonyl (C=O) groups is 1. The van der Waals surface area contributed by atoms with Crippen molar-refractivity contribution < 1.29 is 9.53 Å². The van der Waals surface area contributed by atoms with Gasteiger partial charge in [0.15, 0.2) is 0 Å². The fraction of sp³-hybridized carbons (Fsp3) is 0.733. The number of aryl methyl sites for hydroxylation is 1. The number of rotatable bonds is 6. The molecule has 0 unspecified atom stereocenters. The molecule has 1 aliphatic rings. The molecule has 1 heterocycles. The zero-order chi connectivity index (χ0) is 14.5. The van der Waals surface area contributed by atoms with Gasteiger partial charge in [-0.2, -0.15) is 5.10 Å². The molecule has 0 spiro atoms. The maximum atomic E-state index is 11.9. The number of ether oxygens (including phenoxy) is 1. The van der Waals surface area contributed by atoms with Gasteiger partial charge in [0, 0.05) is 20.1 Å². The van der Waals surface area contributed by atoms with Crippen molar-refractivity contribution in [1.82, 2.24) is 14.7 Å². The fourth-order valence-corrected chi connectivity index (χ4v) is 2.98. The Labute approximate surface area is 120 Å². The lowest BCUT2D eigenvalue weighted by atomic mass is 10.1. The molecule has 5 nitrogen and oxygen atoms in total. The maximum absolute atomic E-state index is 11.9. The van der Waals surface area contributed by atoms with Crippen LogP contribution in [0.2, 0.25) is 0 Å². The van der Waals surface area contributed by atoms with Crippen LogP contribution in [0.4, 0.5) is 0 Å². The van der Waals surface area contributed by atoms with Gasteiger partial charge >= 0.3 is 5.97 Å². The van der Waals surface area contributed by atoms with E-state index >= 15 is 0 Å². The van der Waals surface area contributed by atoms with Gasteiger partial charge in [-0.25, -0.2) is 4.79 Å². The van der Waals surface area contributed by atoms with Gasteiger partial charge in [-0.1, -0.05) is 12.8 Å². The molecule has 0 aromatic carbocycles. The Morgan fingerprint density at radius 3 is 2.85 bits per heavy atom. The molecule has 1 aromatic heterocycles. The predicted molar refractivity (Wildman–Crippen MR) is 77.5 cm³/mol. The highest BCUT2D eigenvalue weighted by molar-refractivity contribution is 5.90. The summed E-state index contributed by atoms with van der Waals surface area (Å²) in [6.45, 7) is 4.04. The first-order chi connectivity index (χ1) is 9.61. The molecule has 112 valence electrons. The number of hydrogen-bond donors (Lipinski definition) is 0. The highest BCUT2D eigenvalue weighted by Crippen LogP contribution is 2.25. The number of nitrogens with zero attached hydrogens (tertiary/aromatic N) is 3. The van der Waals surface area contributed by atoms with E-state index in [9.17, 15) is 4.79 Å². The van der Waals surface area contributed by atoms with Crippen molar-refractivity contribution in [3.8, 4) is 0 Å². The first kappa shape index (κ1) is 15.0. The van der Waals surface area contributed by atoms with E-state index in [4.69, 9.17) is 4.74 Å². The van der Waals surface area contributed by atoms with Gasteiger partial charge in [-0.15, -0.1) is 0 Å². The molecule has 0 N–H and O–H groups in total. The van der Waals surface area contributed by atoms with E-state index in [0.717, 1.165) is 24.7 Å². The second kappa shape index (κ2) is 6.88. The third-order valence-electron chi connectivity index (χ3n) is 4.02. The quantitative estimate of drug-likeness (QED) is 0.749. The molecule has 0 atom stereocenters. The van der Waals surface area contributed by atoms with E-state index in [0.29, 0.717) is 12.2 Å². The van der Waals surface area contributed by atoms with E-state index in [1.54, 1.807) is 10.9 Å². The summed E-state index contributed by atoms with van der Waals surface area (Å²) in [5, 5.41) is 4.19. The summed E-state index contributed by atoms with van der Waals surface area (Å²) in [5.74, 6) is 0.532. The van der Waals surface area contributed by atoms with Crippen LogP contribution < -0.4 is 0 Å². The van der Waals surface area contributed by atoms with Crippen molar-refractivity contribution in [3.63, 3.8) is 0 Å². The monoisotopic (exact) mass is 279 g/mol. The maximum Gasteiger partial charge on any atom is 0.341 e. The van der Waals surface area contributed by atoms with E-state index in [-0.39, 0.29) is 5.97 Å². The molecular formula is C15H25N3O2. The molecule has 1 saturated carbocycles. The third-order valence-corrected chi connectivity index (χ3v) is 4.02. The lowest BCUT2D eigenvalue weighted by Gasteiger charge is -2.21. The molecule has 1 aliphatic carbocycles. The summed E-state index contributed by atoms with van der Waals surface area (Å²) in [6, 6.07) is 0. The smallest absolute Gasteiger partial charge is 0.341 e. The van der Waals surface area contributed by atoms with Crippen LogP contribution in [0.25, 0.3) is 0 Å². The summed E-state index contributed by atoms with van der Waals surface area (Å²) in [7, 11) is 3.99. The van der Waals surface area contributed by atoms with Crippen molar-refractivity contribution in [2.45, 2.75) is 39.2 Å². The van der Waals surface area contributed by atoms with Gasteiger partial charge in [-0.3, -0.25) is 4.68 Å². The van der Waals surface area contributed by atoms with Crippen LogP contribution in [-0.4, -0.2) is 40.8 Å². The molecule has 0 amide bonds. The van der Waals surface area contributed by atoms with Gasteiger partial charge in [0.25, 0.3) is 0 Å². The molecule has 0 aliphatic heterocycles. The van der Waals surface area contributed by atoms with Crippen LogP contribution in [0.1, 0.15) is 48.7 Å². The largest absolute Gasteiger partial charge is 0.462 e. The van der Waals surface area contributed by atoms with Crippen molar-refractivity contribution in [1.29, 1.82) is 0 Å². The van der Waals surface area contributed by atoms with Gasteiger partial charge in [0.2, 0.25) is 0 Å². The first-order valence-electron chi connectivity index (χ1n) is 7.48. The molecule has 20 heavy (non-hydrogen) atoms. The predicted octanol–water partition coefficient (Wildman–Crippen LogP) is 2.22. The second-order valence-corrected chi connectivity index (χ2v) is 5.70. The second-order valence-electron chi connectivity index (χ2n) is 5.70. The standard InChI is InChI=1S/C15H25N3O2/c1-4-20-15(19)13-9-16-18(3)14(13)11-17(2)10-12-7-5-6-8-12/h9,12H,4-8,10-11H2,1-3H3. The van der Waals surface area contributed by atoms with Crippen LogP contribution in [0.5, 0.6) is 0 Å². The Hall–Kier alpha value is -1.36. The Kier molecular flexibility index (Phi) is 5.17. The minimum absolute atomic E-state index is 0.273. The van der Waals surface area contributed by atoms with Crippen molar-refractivity contribution >= 4 is 5.97 Å². The zero-order valence-electron chi connectivity index (χ0n) is 12.8. The van der Waals surface area contributed by atoms with Gasteiger partial charge in [0.05, 0.1) is 18.5 Å². The number of aromatic nitrogens is 2. The van der Waals surface area contributed by atoms with E-state index in [1.807, 2.05) is 14.0 Å².